The molecule has 1 aromatic rings. The standard InChI is InChI=1S/C6H5F3IN3/c7-6(8,9)3-1-4(10)5(13-11)12-2-3/h1-2H,11H2,(H,12,13). The van der Waals surface area contributed by atoms with Crippen molar-refractivity contribution in [3.8, 4) is 0 Å². The van der Waals surface area contributed by atoms with Crippen LogP contribution < -0.4 is 11.3 Å². The van der Waals surface area contributed by atoms with Gasteiger partial charge in [0.05, 0.1) is 9.13 Å². The van der Waals surface area contributed by atoms with Gasteiger partial charge < -0.3 is 5.43 Å². The van der Waals surface area contributed by atoms with Crippen LogP contribution in [0.15, 0.2) is 12.3 Å². The normalized spacial score (nSPS) is 11.5. The van der Waals surface area contributed by atoms with E-state index in [1.807, 2.05) is 0 Å². The van der Waals surface area contributed by atoms with Gasteiger partial charge in [0.2, 0.25) is 0 Å². The average Bonchev–Trinajstić information content (AvgIpc) is 2.02. The Balaban J connectivity index is 3.10. The molecule has 0 saturated carbocycles. The molecule has 3 nitrogen and oxygen atoms in total. The van der Waals surface area contributed by atoms with Gasteiger partial charge >= 0.3 is 6.18 Å². The van der Waals surface area contributed by atoms with Gasteiger partial charge in [0, 0.05) is 6.20 Å². The third-order valence-electron chi connectivity index (χ3n) is 1.31. The molecule has 0 saturated heterocycles. The summed E-state index contributed by atoms with van der Waals surface area (Å²) in [5.74, 6) is 5.24. The van der Waals surface area contributed by atoms with Crippen molar-refractivity contribution in [1.29, 1.82) is 0 Å². The molecular formula is C6H5F3IN3. The summed E-state index contributed by atoms with van der Waals surface area (Å²) in [6, 6.07) is 0.975. The highest BCUT2D eigenvalue weighted by Crippen LogP contribution is 2.30. The molecule has 0 bridgehead atoms. The number of halogens is 4. The van der Waals surface area contributed by atoms with E-state index < -0.39 is 11.7 Å². The topological polar surface area (TPSA) is 50.9 Å². The van der Waals surface area contributed by atoms with Gasteiger partial charge in [-0.25, -0.2) is 10.8 Å². The maximum Gasteiger partial charge on any atom is 0.417 e. The monoisotopic (exact) mass is 303 g/mol. The van der Waals surface area contributed by atoms with Crippen molar-refractivity contribution in [2.75, 3.05) is 5.43 Å². The van der Waals surface area contributed by atoms with Crippen LogP contribution in [-0.4, -0.2) is 4.98 Å². The number of nitrogen functional groups attached to an aromatic ring is 1. The minimum Gasteiger partial charge on any atom is -0.308 e. The zero-order valence-electron chi connectivity index (χ0n) is 6.19. The highest BCUT2D eigenvalue weighted by molar-refractivity contribution is 14.1. The number of rotatable bonds is 1. The molecular weight excluding hydrogens is 298 g/mol. The van der Waals surface area contributed by atoms with Gasteiger partial charge in [0.1, 0.15) is 0 Å². The van der Waals surface area contributed by atoms with Gasteiger partial charge in [-0.05, 0) is 28.7 Å². The maximum absolute atomic E-state index is 12.1. The maximum atomic E-state index is 12.1. The molecule has 0 aromatic carbocycles. The Kier molecular flexibility index (Phi) is 2.96. The van der Waals surface area contributed by atoms with Gasteiger partial charge in [0.25, 0.3) is 0 Å². The molecule has 0 aliphatic carbocycles. The number of pyridine rings is 1. The van der Waals surface area contributed by atoms with Crippen LogP contribution in [0.3, 0.4) is 0 Å². The van der Waals surface area contributed by atoms with Crippen molar-refractivity contribution in [2.45, 2.75) is 6.18 Å². The van der Waals surface area contributed by atoms with E-state index in [1.165, 1.54) is 0 Å². The Hall–Kier alpha value is -0.570. The zero-order valence-corrected chi connectivity index (χ0v) is 8.35. The summed E-state index contributed by atoms with van der Waals surface area (Å²) in [6.07, 6.45) is -3.63. The predicted octanol–water partition coefficient (Wildman–Crippen LogP) is 1.99. The first-order chi connectivity index (χ1) is 5.95. The Bertz CT molecular complexity index is 312. The molecule has 0 spiro atoms. The van der Waals surface area contributed by atoms with E-state index >= 15 is 0 Å². The Morgan fingerprint density at radius 1 is 1.46 bits per heavy atom. The fourth-order valence-electron chi connectivity index (χ4n) is 0.699. The molecule has 7 heteroatoms. The number of alkyl halides is 3. The van der Waals surface area contributed by atoms with Crippen molar-refractivity contribution in [3.05, 3.63) is 21.4 Å². The van der Waals surface area contributed by atoms with Crippen molar-refractivity contribution >= 4 is 28.4 Å². The summed E-state index contributed by atoms with van der Waals surface area (Å²) in [7, 11) is 0. The van der Waals surface area contributed by atoms with E-state index in [4.69, 9.17) is 5.84 Å². The van der Waals surface area contributed by atoms with E-state index in [9.17, 15) is 13.2 Å². The Labute approximate surface area is 85.6 Å². The number of aromatic nitrogens is 1. The fraction of sp³-hybridized carbons (Fsp3) is 0.167. The number of nitrogens with one attached hydrogen (secondary N) is 1. The molecule has 13 heavy (non-hydrogen) atoms. The summed E-state index contributed by atoms with van der Waals surface area (Å²) >= 11 is 1.72. The van der Waals surface area contributed by atoms with Crippen LogP contribution in [0, 0.1) is 3.57 Å². The Morgan fingerprint density at radius 3 is 2.46 bits per heavy atom. The van der Waals surface area contributed by atoms with E-state index in [2.05, 4.69) is 10.4 Å². The molecule has 3 N–H and O–H groups in total. The predicted molar refractivity (Wildman–Crippen MR) is 49.8 cm³/mol. The number of hydrogen-bond acceptors (Lipinski definition) is 3. The first-order valence-corrected chi connectivity index (χ1v) is 4.22. The smallest absolute Gasteiger partial charge is 0.308 e. The Morgan fingerprint density at radius 2 is 2.08 bits per heavy atom. The van der Waals surface area contributed by atoms with Gasteiger partial charge in [-0.3, -0.25) is 0 Å². The molecule has 1 rings (SSSR count). The largest absolute Gasteiger partial charge is 0.417 e. The van der Waals surface area contributed by atoms with Crippen molar-refractivity contribution < 1.29 is 13.2 Å². The van der Waals surface area contributed by atoms with Crippen LogP contribution >= 0.6 is 22.6 Å². The minimum atomic E-state index is -4.36. The molecule has 0 radical (unpaired) electrons. The minimum absolute atomic E-state index is 0.230. The lowest BCUT2D eigenvalue weighted by molar-refractivity contribution is -0.137. The van der Waals surface area contributed by atoms with Gasteiger partial charge in [0.15, 0.2) is 5.82 Å². The number of hydrogen-bond donors (Lipinski definition) is 2. The van der Waals surface area contributed by atoms with Crippen molar-refractivity contribution in [3.63, 3.8) is 0 Å². The summed E-state index contributed by atoms with van der Waals surface area (Å²) in [5, 5.41) is 0. The lowest BCUT2D eigenvalue weighted by Gasteiger charge is -2.08. The van der Waals surface area contributed by atoms with Gasteiger partial charge in [-0.2, -0.15) is 13.2 Å². The van der Waals surface area contributed by atoms with E-state index in [0.29, 0.717) is 3.57 Å². The van der Waals surface area contributed by atoms with Crippen LogP contribution in [0.4, 0.5) is 19.0 Å². The SMILES string of the molecule is NNc1ncc(C(F)(F)F)cc1I. The molecule has 0 aliphatic rings. The lowest BCUT2D eigenvalue weighted by atomic mass is 10.3. The molecule has 0 amide bonds. The molecule has 0 fully saturated rings. The van der Waals surface area contributed by atoms with Crippen LogP contribution in [0.25, 0.3) is 0 Å². The number of hydrazine groups is 1. The summed E-state index contributed by atoms with van der Waals surface area (Å²) in [6.45, 7) is 0. The number of nitrogens with two attached hydrogens (primary N) is 1. The number of nitrogens with zero attached hydrogens (tertiary/aromatic N) is 1. The zero-order chi connectivity index (χ0) is 10.1. The van der Waals surface area contributed by atoms with Crippen molar-refractivity contribution in [2.24, 2.45) is 5.84 Å². The van der Waals surface area contributed by atoms with Crippen LogP contribution in [-0.2, 0) is 6.18 Å². The summed E-state index contributed by atoms with van der Waals surface area (Å²) < 4.78 is 36.7. The van der Waals surface area contributed by atoms with Crippen molar-refractivity contribution in [1.82, 2.24) is 4.98 Å². The first-order valence-electron chi connectivity index (χ1n) is 3.14. The number of anilines is 1. The molecule has 0 atom stereocenters. The van der Waals surface area contributed by atoms with E-state index in [-0.39, 0.29) is 5.82 Å². The molecule has 72 valence electrons. The second-order valence-corrected chi connectivity index (χ2v) is 3.36. The third-order valence-corrected chi connectivity index (χ3v) is 2.13. The highest BCUT2D eigenvalue weighted by Gasteiger charge is 2.31. The average molecular weight is 303 g/mol. The molecule has 1 aromatic heterocycles. The first kappa shape index (κ1) is 10.5. The second kappa shape index (κ2) is 3.66. The molecule has 0 unspecified atom stereocenters. The quantitative estimate of drug-likeness (QED) is 0.474. The summed E-state index contributed by atoms with van der Waals surface area (Å²) in [4.78, 5) is 3.50. The summed E-state index contributed by atoms with van der Waals surface area (Å²) in [5.41, 5.74) is 1.41. The van der Waals surface area contributed by atoms with Crippen LogP contribution in [0.5, 0.6) is 0 Å². The highest BCUT2D eigenvalue weighted by atomic mass is 127. The molecule has 0 aliphatic heterocycles. The third kappa shape index (κ3) is 2.44. The van der Waals surface area contributed by atoms with Gasteiger partial charge in [-0.15, -0.1) is 0 Å². The molecule has 1 heterocycles. The second-order valence-electron chi connectivity index (χ2n) is 2.20. The fourth-order valence-corrected chi connectivity index (χ4v) is 1.33. The van der Waals surface area contributed by atoms with Crippen LogP contribution in [0.2, 0.25) is 0 Å². The lowest BCUT2D eigenvalue weighted by Crippen LogP contribution is -2.12. The van der Waals surface area contributed by atoms with E-state index in [0.717, 1.165) is 12.3 Å². The van der Waals surface area contributed by atoms with Crippen LogP contribution in [0.1, 0.15) is 5.56 Å². The van der Waals surface area contributed by atoms with Gasteiger partial charge in [-0.1, -0.05) is 0 Å². The van der Waals surface area contributed by atoms with E-state index in [1.54, 1.807) is 22.6 Å².